The molecule has 0 heterocycles. The van der Waals surface area contributed by atoms with Gasteiger partial charge in [0.25, 0.3) is 0 Å². The summed E-state index contributed by atoms with van der Waals surface area (Å²) in [5, 5.41) is 3.10. The quantitative estimate of drug-likeness (QED) is 0.811. The fraction of sp³-hybridized carbons (Fsp3) is 0.0714. The molecule has 0 fully saturated rings. The summed E-state index contributed by atoms with van der Waals surface area (Å²) < 4.78 is 15.5. The third-order valence-electron chi connectivity index (χ3n) is 2.73. The van der Waals surface area contributed by atoms with Crippen LogP contribution in [0.1, 0.15) is 15.9 Å². The number of halogens is 3. The van der Waals surface area contributed by atoms with Crippen molar-refractivity contribution in [3.05, 3.63) is 62.3 Å². The van der Waals surface area contributed by atoms with Crippen LogP contribution in [0.15, 0.2) is 45.3 Å². The summed E-state index contributed by atoms with van der Waals surface area (Å²) >= 11 is 6.78. The third kappa shape index (κ3) is 3.58. The van der Waals surface area contributed by atoms with Gasteiger partial charge in [-0.05, 0) is 52.3 Å². The lowest BCUT2D eigenvalue weighted by Crippen LogP contribution is -2.12. The van der Waals surface area contributed by atoms with Gasteiger partial charge in [-0.3, -0.25) is 4.79 Å². The maximum absolute atomic E-state index is 13.7. The minimum atomic E-state index is -0.573. The molecule has 0 aliphatic heterocycles. The topological polar surface area (TPSA) is 55.1 Å². The molecule has 0 bridgehead atoms. The molecule has 2 rings (SSSR count). The summed E-state index contributed by atoms with van der Waals surface area (Å²) in [6.07, 6.45) is 0. The zero-order chi connectivity index (χ0) is 14.7. The highest BCUT2D eigenvalue weighted by Gasteiger charge is 2.08. The number of hydrogen-bond acceptors (Lipinski definition) is 2. The second-order valence-electron chi connectivity index (χ2n) is 4.15. The summed E-state index contributed by atoms with van der Waals surface area (Å²) in [4.78, 5) is 11.1. The van der Waals surface area contributed by atoms with Crippen LogP contribution in [0, 0.1) is 5.82 Å². The zero-order valence-electron chi connectivity index (χ0n) is 10.3. The van der Waals surface area contributed by atoms with E-state index in [0.29, 0.717) is 5.56 Å². The van der Waals surface area contributed by atoms with Crippen molar-refractivity contribution in [2.24, 2.45) is 5.73 Å². The van der Waals surface area contributed by atoms with Crippen LogP contribution in [-0.4, -0.2) is 5.91 Å². The van der Waals surface area contributed by atoms with Crippen LogP contribution in [-0.2, 0) is 6.54 Å². The number of benzene rings is 2. The highest BCUT2D eigenvalue weighted by Crippen LogP contribution is 2.26. The zero-order valence-corrected chi connectivity index (χ0v) is 13.5. The van der Waals surface area contributed by atoms with E-state index in [9.17, 15) is 9.18 Å². The molecule has 0 aromatic heterocycles. The van der Waals surface area contributed by atoms with Crippen molar-refractivity contribution in [2.45, 2.75) is 6.54 Å². The third-order valence-corrected chi connectivity index (χ3v) is 3.88. The van der Waals surface area contributed by atoms with E-state index in [1.54, 1.807) is 0 Å². The first-order valence-corrected chi connectivity index (χ1v) is 7.33. The molecular formula is C14H11Br2FN2O. The van der Waals surface area contributed by atoms with Crippen molar-refractivity contribution in [3.63, 3.8) is 0 Å². The average molecular weight is 402 g/mol. The Morgan fingerprint density at radius 2 is 1.95 bits per heavy atom. The summed E-state index contributed by atoms with van der Waals surface area (Å²) in [6.45, 7) is 0.257. The molecule has 0 radical (unpaired) electrons. The first kappa shape index (κ1) is 15.0. The normalized spacial score (nSPS) is 10.3. The molecule has 20 heavy (non-hydrogen) atoms. The lowest BCUT2D eigenvalue weighted by atomic mass is 10.1. The molecule has 3 nitrogen and oxygen atoms in total. The average Bonchev–Trinajstić information content (AvgIpc) is 2.39. The lowest BCUT2D eigenvalue weighted by molar-refractivity contribution is 0.1000. The maximum Gasteiger partial charge on any atom is 0.248 e. The second kappa shape index (κ2) is 6.37. The van der Waals surface area contributed by atoms with Crippen LogP contribution < -0.4 is 11.1 Å². The number of hydrogen-bond donors (Lipinski definition) is 2. The minimum Gasteiger partial charge on any atom is -0.380 e. The van der Waals surface area contributed by atoms with Crippen molar-refractivity contribution in [2.75, 3.05) is 5.32 Å². The number of nitrogens with one attached hydrogen (secondary N) is 1. The van der Waals surface area contributed by atoms with Crippen molar-refractivity contribution < 1.29 is 9.18 Å². The number of rotatable bonds is 4. The number of anilines is 1. The lowest BCUT2D eigenvalue weighted by Gasteiger charge is -2.10. The molecule has 0 aliphatic carbocycles. The highest BCUT2D eigenvalue weighted by atomic mass is 79.9. The first-order valence-electron chi connectivity index (χ1n) is 5.74. The maximum atomic E-state index is 13.7. The second-order valence-corrected chi connectivity index (χ2v) is 5.92. The van der Waals surface area contributed by atoms with Crippen molar-refractivity contribution in [3.8, 4) is 0 Å². The Balaban J connectivity index is 2.18. The molecule has 0 saturated heterocycles. The molecule has 0 saturated carbocycles. The van der Waals surface area contributed by atoms with Gasteiger partial charge in [0.15, 0.2) is 0 Å². The van der Waals surface area contributed by atoms with Gasteiger partial charge in [0.1, 0.15) is 5.82 Å². The predicted octanol–water partition coefficient (Wildman–Crippen LogP) is 4.06. The molecule has 1 amide bonds. The van der Waals surface area contributed by atoms with Crippen LogP contribution in [0.25, 0.3) is 0 Å². The smallest absolute Gasteiger partial charge is 0.248 e. The number of nitrogens with two attached hydrogens (primary N) is 1. The number of carbonyl (C=O) groups excluding carboxylic acids is 1. The molecule has 3 N–H and O–H groups in total. The van der Waals surface area contributed by atoms with Crippen LogP contribution in [0.3, 0.4) is 0 Å². The Kier molecular flexibility index (Phi) is 4.77. The fourth-order valence-corrected chi connectivity index (χ4v) is 2.87. The summed E-state index contributed by atoms with van der Waals surface area (Å²) in [6, 6.07) is 9.70. The SMILES string of the molecule is NC(=O)c1ccc(F)c(CNc2ccc(Br)cc2Br)c1. The molecular weight excluding hydrogens is 391 g/mol. The standard InChI is InChI=1S/C14H11Br2FN2O/c15-10-2-4-13(11(16)6-10)19-7-9-5-8(14(18)20)1-3-12(9)17/h1-6,19H,7H2,(H2,18,20). The minimum absolute atomic E-state index is 0.257. The van der Waals surface area contributed by atoms with E-state index < -0.39 is 5.91 Å². The van der Waals surface area contributed by atoms with Gasteiger partial charge < -0.3 is 11.1 Å². The van der Waals surface area contributed by atoms with Crippen molar-refractivity contribution >= 4 is 43.5 Å². The number of primary amides is 1. The Labute approximate surface area is 132 Å². The van der Waals surface area contributed by atoms with E-state index in [4.69, 9.17) is 5.73 Å². The summed E-state index contributed by atoms with van der Waals surface area (Å²) in [5.74, 6) is -0.952. The molecule has 0 atom stereocenters. The molecule has 6 heteroatoms. The highest BCUT2D eigenvalue weighted by molar-refractivity contribution is 9.11. The molecule has 104 valence electrons. The van der Waals surface area contributed by atoms with Gasteiger partial charge in [-0.15, -0.1) is 0 Å². The molecule has 0 spiro atoms. The monoisotopic (exact) mass is 400 g/mol. The molecule has 0 unspecified atom stereocenters. The van der Waals surface area contributed by atoms with Gasteiger partial charge in [0, 0.05) is 32.3 Å². The summed E-state index contributed by atoms with van der Waals surface area (Å²) in [5.41, 5.74) is 6.69. The summed E-state index contributed by atoms with van der Waals surface area (Å²) in [7, 11) is 0. The van der Waals surface area contributed by atoms with Gasteiger partial charge in [-0.25, -0.2) is 4.39 Å². The Morgan fingerprint density at radius 3 is 2.60 bits per heavy atom. The van der Waals surface area contributed by atoms with E-state index in [1.807, 2.05) is 18.2 Å². The van der Waals surface area contributed by atoms with E-state index in [0.717, 1.165) is 14.6 Å². The van der Waals surface area contributed by atoms with Crippen molar-refractivity contribution in [1.29, 1.82) is 0 Å². The van der Waals surface area contributed by atoms with Gasteiger partial charge in [-0.1, -0.05) is 15.9 Å². The number of amides is 1. The van der Waals surface area contributed by atoms with Crippen molar-refractivity contribution in [1.82, 2.24) is 0 Å². The molecule has 2 aromatic carbocycles. The van der Waals surface area contributed by atoms with Gasteiger partial charge >= 0.3 is 0 Å². The van der Waals surface area contributed by atoms with E-state index in [-0.39, 0.29) is 17.9 Å². The number of carbonyl (C=O) groups is 1. The largest absolute Gasteiger partial charge is 0.380 e. The van der Waals surface area contributed by atoms with Gasteiger partial charge in [-0.2, -0.15) is 0 Å². The molecule has 0 aliphatic rings. The predicted molar refractivity (Wildman–Crippen MR) is 84.1 cm³/mol. The fourth-order valence-electron chi connectivity index (χ4n) is 1.69. The molecule has 2 aromatic rings. The van der Waals surface area contributed by atoms with Gasteiger partial charge in [0.05, 0.1) is 0 Å². The van der Waals surface area contributed by atoms with Crippen LogP contribution >= 0.6 is 31.9 Å². The Hall–Kier alpha value is -1.40. The van der Waals surface area contributed by atoms with E-state index >= 15 is 0 Å². The van der Waals surface area contributed by atoms with E-state index in [2.05, 4.69) is 37.2 Å². The van der Waals surface area contributed by atoms with Gasteiger partial charge in [0.2, 0.25) is 5.91 Å². The Bertz CT molecular complexity index is 662. The van der Waals surface area contributed by atoms with E-state index in [1.165, 1.54) is 18.2 Å². The Morgan fingerprint density at radius 1 is 1.20 bits per heavy atom. The van der Waals surface area contributed by atoms with Crippen LogP contribution in [0.5, 0.6) is 0 Å². The first-order chi connectivity index (χ1) is 9.47. The van der Waals surface area contributed by atoms with Crippen LogP contribution in [0.2, 0.25) is 0 Å². The van der Waals surface area contributed by atoms with Crippen LogP contribution in [0.4, 0.5) is 10.1 Å².